The van der Waals surface area contributed by atoms with Crippen LogP contribution in [-0.4, -0.2) is 11.0 Å². The molecular formula is C14H10BrFN2O4. The lowest BCUT2D eigenvalue weighted by Gasteiger charge is -2.08. The van der Waals surface area contributed by atoms with Gasteiger partial charge in [0.2, 0.25) is 0 Å². The number of halogens is 2. The van der Waals surface area contributed by atoms with Gasteiger partial charge < -0.3 is 4.74 Å². The van der Waals surface area contributed by atoms with Crippen LogP contribution in [0.25, 0.3) is 0 Å². The van der Waals surface area contributed by atoms with Crippen LogP contribution in [0.2, 0.25) is 0 Å². The summed E-state index contributed by atoms with van der Waals surface area (Å²) in [7, 11) is 0. The van der Waals surface area contributed by atoms with Crippen LogP contribution < -0.4 is 5.32 Å². The van der Waals surface area contributed by atoms with Gasteiger partial charge in [0.25, 0.3) is 5.69 Å². The summed E-state index contributed by atoms with van der Waals surface area (Å²) in [5.41, 5.74) is 0.0443. The third-order valence-corrected chi connectivity index (χ3v) is 3.29. The van der Waals surface area contributed by atoms with Crippen LogP contribution in [-0.2, 0) is 11.3 Å². The molecule has 0 saturated carbocycles. The zero-order chi connectivity index (χ0) is 16.1. The van der Waals surface area contributed by atoms with Crippen molar-refractivity contribution in [3.05, 3.63) is 68.4 Å². The molecule has 1 amide bonds. The van der Waals surface area contributed by atoms with Crippen molar-refractivity contribution in [2.45, 2.75) is 6.61 Å². The molecule has 22 heavy (non-hydrogen) atoms. The number of nitro groups is 1. The lowest BCUT2D eigenvalue weighted by molar-refractivity contribution is -0.384. The smallest absolute Gasteiger partial charge is 0.412 e. The van der Waals surface area contributed by atoms with Crippen LogP contribution in [0.5, 0.6) is 0 Å². The van der Waals surface area contributed by atoms with Gasteiger partial charge in [-0.3, -0.25) is 15.4 Å². The van der Waals surface area contributed by atoms with Crippen molar-refractivity contribution in [2.75, 3.05) is 5.32 Å². The molecule has 1 N–H and O–H groups in total. The summed E-state index contributed by atoms with van der Waals surface area (Å²) in [6.45, 7) is -0.000515. The Hall–Kier alpha value is -2.48. The van der Waals surface area contributed by atoms with Gasteiger partial charge in [0.1, 0.15) is 18.1 Å². The Morgan fingerprint density at radius 2 is 2.00 bits per heavy atom. The fourth-order valence-corrected chi connectivity index (χ4v) is 1.99. The molecule has 0 aliphatic heterocycles. The number of amides is 1. The lowest BCUT2D eigenvalue weighted by Crippen LogP contribution is -2.14. The number of rotatable bonds is 4. The molecule has 0 aliphatic rings. The number of hydrogen-bond acceptors (Lipinski definition) is 4. The molecule has 0 atom stereocenters. The van der Waals surface area contributed by atoms with Crippen molar-refractivity contribution in [1.29, 1.82) is 0 Å². The number of ether oxygens (including phenoxy) is 1. The summed E-state index contributed by atoms with van der Waals surface area (Å²) in [5.74, 6) is -0.732. The second-order valence-corrected chi connectivity index (χ2v) is 5.08. The molecule has 0 spiro atoms. The minimum atomic E-state index is -0.909. The van der Waals surface area contributed by atoms with Crippen molar-refractivity contribution in [1.82, 2.24) is 0 Å². The van der Waals surface area contributed by atoms with Crippen molar-refractivity contribution < 1.29 is 18.8 Å². The van der Waals surface area contributed by atoms with Gasteiger partial charge in [0.05, 0.1) is 9.40 Å². The van der Waals surface area contributed by atoms with Crippen LogP contribution >= 0.6 is 15.9 Å². The third-order valence-electron chi connectivity index (χ3n) is 2.68. The Morgan fingerprint density at radius 3 is 2.64 bits per heavy atom. The molecule has 8 heteroatoms. The van der Waals surface area contributed by atoms with E-state index >= 15 is 0 Å². The van der Waals surface area contributed by atoms with Crippen LogP contribution in [0.1, 0.15) is 5.56 Å². The van der Waals surface area contributed by atoms with Crippen LogP contribution in [0.4, 0.5) is 20.6 Å². The summed E-state index contributed by atoms with van der Waals surface area (Å²) in [4.78, 5) is 21.9. The summed E-state index contributed by atoms with van der Waals surface area (Å²) in [5, 5.41) is 13.1. The Labute approximate surface area is 133 Å². The normalized spacial score (nSPS) is 10.1. The first-order valence-electron chi connectivity index (χ1n) is 6.08. The van der Waals surface area contributed by atoms with E-state index in [1.807, 2.05) is 6.07 Å². The molecule has 2 aromatic carbocycles. The third kappa shape index (κ3) is 4.01. The highest BCUT2D eigenvalue weighted by molar-refractivity contribution is 9.10. The average Bonchev–Trinajstić information content (AvgIpc) is 2.49. The lowest BCUT2D eigenvalue weighted by atomic mass is 10.2. The monoisotopic (exact) mass is 368 g/mol. The molecule has 0 fully saturated rings. The number of nitrogens with zero attached hydrogens (tertiary/aromatic N) is 1. The Balaban J connectivity index is 2.08. The molecular weight excluding hydrogens is 359 g/mol. The number of nitro benzene ring substituents is 1. The number of carbonyl (C=O) groups excluding carboxylic acids is 1. The van der Waals surface area contributed by atoms with Crippen molar-refractivity contribution >= 4 is 33.4 Å². The summed E-state index contributed by atoms with van der Waals surface area (Å²) in [6, 6.07) is 10.7. The molecule has 2 aromatic rings. The maximum Gasteiger partial charge on any atom is 0.412 e. The fraction of sp³-hybridized carbons (Fsp3) is 0.0714. The van der Waals surface area contributed by atoms with E-state index in [0.29, 0.717) is 0 Å². The van der Waals surface area contributed by atoms with E-state index in [4.69, 9.17) is 4.74 Å². The highest BCUT2D eigenvalue weighted by Crippen LogP contribution is 2.30. The molecule has 6 nitrogen and oxygen atoms in total. The number of hydrogen-bond donors (Lipinski definition) is 1. The van der Waals surface area contributed by atoms with E-state index in [1.165, 1.54) is 0 Å². The SMILES string of the molecule is O=C(Nc1cc(F)c(Br)cc1[N+](=O)[O-])OCc1ccccc1. The van der Waals surface area contributed by atoms with E-state index in [9.17, 15) is 19.3 Å². The van der Waals surface area contributed by atoms with E-state index in [0.717, 1.165) is 17.7 Å². The molecule has 0 radical (unpaired) electrons. The van der Waals surface area contributed by atoms with Gasteiger partial charge in [-0.05, 0) is 21.5 Å². The molecule has 0 aromatic heterocycles. The van der Waals surface area contributed by atoms with Crippen LogP contribution in [0.15, 0.2) is 46.9 Å². The first-order valence-corrected chi connectivity index (χ1v) is 6.88. The molecule has 114 valence electrons. The van der Waals surface area contributed by atoms with Crippen molar-refractivity contribution in [3.63, 3.8) is 0 Å². The van der Waals surface area contributed by atoms with Gasteiger partial charge >= 0.3 is 6.09 Å². The van der Waals surface area contributed by atoms with Gasteiger partial charge in [-0.1, -0.05) is 30.3 Å². The predicted molar refractivity (Wildman–Crippen MR) is 81.0 cm³/mol. The number of nitrogens with one attached hydrogen (secondary N) is 1. The second kappa shape index (κ2) is 6.99. The van der Waals surface area contributed by atoms with E-state index < -0.39 is 22.5 Å². The van der Waals surface area contributed by atoms with Gasteiger partial charge in [0, 0.05) is 12.1 Å². The van der Waals surface area contributed by atoms with E-state index in [2.05, 4.69) is 21.2 Å². The van der Waals surface area contributed by atoms with Crippen molar-refractivity contribution in [2.24, 2.45) is 0 Å². The van der Waals surface area contributed by atoms with E-state index in [-0.39, 0.29) is 16.8 Å². The van der Waals surface area contributed by atoms with Crippen LogP contribution in [0.3, 0.4) is 0 Å². The largest absolute Gasteiger partial charge is 0.444 e. The molecule has 0 bridgehead atoms. The maximum absolute atomic E-state index is 13.5. The predicted octanol–water partition coefficient (Wildman–Crippen LogP) is 4.25. The van der Waals surface area contributed by atoms with Gasteiger partial charge in [-0.15, -0.1) is 0 Å². The summed E-state index contributed by atoms with van der Waals surface area (Å²) < 4.78 is 18.3. The molecule has 0 aliphatic carbocycles. The zero-order valence-corrected chi connectivity index (χ0v) is 12.7. The fourth-order valence-electron chi connectivity index (χ4n) is 1.66. The number of benzene rings is 2. The average molecular weight is 369 g/mol. The molecule has 0 heterocycles. The number of anilines is 1. The Morgan fingerprint density at radius 1 is 1.32 bits per heavy atom. The second-order valence-electron chi connectivity index (χ2n) is 4.23. The highest BCUT2D eigenvalue weighted by atomic mass is 79.9. The summed E-state index contributed by atoms with van der Waals surface area (Å²) in [6.07, 6.45) is -0.909. The van der Waals surface area contributed by atoms with Gasteiger partial charge in [0.15, 0.2) is 0 Å². The Kier molecular flexibility index (Phi) is 5.05. The topological polar surface area (TPSA) is 81.5 Å². The molecule has 0 unspecified atom stereocenters. The molecule has 0 saturated heterocycles. The number of carbonyl (C=O) groups is 1. The Bertz CT molecular complexity index is 709. The highest BCUT2D eigenvalue weighted by Gasteiger charge is 2.19. The zero-order valence-electron chi connectivity index (χ0n) is 11.1. The van der Waals surface area contributed by atoms with Crippen molar-refractivity contribution in [3.8, 4) is 0 Å². The first-order chi connectivity index (χ1) is 10.5. The van der Waals surface area contributed by atoms with Gasteiger partial charge in [-0.2, -0.15) is 0 Å². The van der Waals surface area contributed by atoms with Crippen LogP contribution in [0, 0.1) is 15.9 Å². The summed E-state index contributed by atoms with van der Waals surface area (Å²) >= 11 is 2.85. The first kappa shape index (κ1) is 15.9. The van der Waals surface area contributed by atoms with Gasteiger partial charge in [-0.25, -0.2) is 9.18 Å². The maximum atomic E-state index is 13.5. The molecule has 2 rings (SSSR count). The minimum Gasteiger partial charge on any atom is -0.444 e. The quantitative estimate of drug-likeness (QED) is 0.646. The van der Waals surface area contributed by atoms with E-state index in [1.54, 1.807) is 24.3 Å². The minimum absolute atomic E-state index is 0.000515. The standard InChI is InChI=1S/C14H10BrFN2O4/c15-10-6-13(18(20)21)12(7-11(10)16)17-14(19)22-8-9-4-2-1-3-5-9/h1-7H,8H2,(H,17,19).